The van der Waals surface area contributed by atoms with E-state index in [2.05, 4.69) is 10.2 Å². The molecule has 0 aliphatic carbocycles. The lowest BCUT2D eigenvalue weighted by Crippen LogP contribution is -2.36. The summed E-state index contributed by atoms with van der Waals surface area (Å²) >= 11 is 5.95. The zero-order valence-corrected chi connectivity index (χ0v) is 18.3. The Kier molecular flexibility index (Phi) is 7.18. The molecule has 0 bridgehead atoms. The minimum absolute atomic E-state index is 0.0482. The smallest absolute Gasteiger partial charge is 0.406 e. The molecule has 3 rings (SSSR count). The Hall–Kier alpha value is -2.54. The van der Waals surface area contributed by atoms with Crippen molar-refractivity contribution < 1.29 is 31.2 Å². The number of nitrogens with zero attached hydrogens (tertiary/aromatic N) is 2. The molecule has 174 valence electrons. The van der Waals surface area contributed by atoms with Gasteiger partial charge in [-0.2, -0.15) is 4.31 Å². The van der Waals surface area contributed by atoms with Crippen molar-refractivity contribution in [1.82, 2.24) is 14.4 Å². The zero-order chi connectivity index (χ0) is 23.5. The minimum Gasteiger partial charge on any atom is -0.406 e. The number of hydroxylamine groups is 1. The molecule has 13 heteroatoms. The fourth-order valence-electron chi connectivity index (χ4n) is 2.87. The van der Waals surface area contributed by atoms with Crippen LogP contribution in [-0.4, -0.2) is 36.7 Å². The molecule has 2 heterocycles. The highest BCUT2D eigenvalue weighted by Gasteiger charge is 2.31. The first-order chi connectivity index (χ1) is 15.0. The Morgan fingerprint density at radius 2 is 1.88 bits per heavy atom. The van der Waals surface area contributed by atoms with E-state index in [1.54, 1.807) is 19.2 Å². The van der Waals surface area contributed by atoms with E-state index in [0.717, 1.165) is 24.3 Å². The Morgan fingerprint density at radius 1 is 1.19 bits per heavy atom. The second-order valence-corrected chi connectivity index (χ2v) is 9.16. The first kappa shape index (κ1) is 24.1. The van der Waals surface area contributed by atoms with Gasteiger partial charge in [-0.05, 0) is 42.0 Å². The SMILES string of the molecule is Cn1c(Cl)cc(CONC2=CCN(S(=O)(=O)c3ccc(OC(F)(F)F)cc3)CC2)cc1=O. The van der Waals surface area contributed by atoms with Crippen LogP contribution in [-0.2, 0) is 28.5 Å². The van der Waals surface area contributed by atoms with Crippen molar-refractivity contribution in [1.29, 1.82) is 0 Å². The number of halogens is 4. The van der Waals surface area contributed by atoms with Gasteiger partial charge in [-0.15, -0.1) is 13.2 Å². The van der Waals surface area contributed by atoms with Crippen molar-refractivity contribution >= 4 is 21.6 Å². The topological polar surface area (TPSA) is 89.9 Å². The predicted molar refractivity (Wildman–Crippen MR) is 109 cm³/mol. The van der Waals surface area contributed by atoms with Crippen molar-refractivity contribution in [3.05, 3.63) is 69.2 Å². The third-order valence-electron chi connectivity index (χ3n) is 4.57. The molecular formula is C19H19ClF3N3O5S. The minimum atomic E-state index is -4.86. The predicted octanol–water partition coefficient (Wildman–Crippen LogP) is 2.94. The Bertz CT molecular complexity index is 1160. The van der Waals surface area contributed by atoms with Crippen LogP contribution in [0.25, 0.3) is 0 Å². The second-order valence-electron chi connectivity index (χ2n) is 6.84. The third-order valence-corrected chi connectivity index (χ3v) is 6.82. The van der Waals surface area contributed by atoms with Gasteiger partial charge < -0.3 is 9.30 Å². The number of hydrogen-bond donors (Lipinski definition) is 1. The third kappa shape index (κ3) is 6.03. The number of alkyl halides is 3. The second kappa shape index (κ2) is 9.53. The van der Waals surface area contributed by atoms with Gasteiger partial charge in [-0.1, -0.05) is 11.6 Å². The summed E-state index contributed by atoms with van der Waals surface area (Å²) in [7, 11) is -2.34. The maximum Gasteiger partial charge on any atom is 0.573 e. The summed E-state index contributed by atoms with van der Waals surface area (Å²) in [4.78, 5) is 16.9. The maximum atomic E-state index is 12.7. The highest BCUT2D eigenvalue weighted by molar-refractivity contribution is 7.89. The molecule has 1 aromatic heterocycles. The largest absolute Gasteiger partial charge is 0.573 e. The summed E-state index contributed by atoms with van der Waals surface area (Å²) < 4.78 is 68.4. The van der Waals surface area contributed by atoms with Crippen molar-refractivity contribution in [3.63, 3.8) is 0 Å². The van der Waals surface area contributed by atoms with E-state index in [0.29, 0.717) is 17.7 Å². The number of nitrogens with one attached hydrogen (secondary N) is 1. The van der Waals surface area contributed by atoms with Crippen LogP contribution in [0.3, 0.4) is 0 Å². The molecule has 0 amide bonds. The van der Waals surface area contributed by atoms with Gasteiger partial charge in [0.25, 0.3) is 5.56 Å². The summed E-state index contributed by atoms with van der Waals surface area (Å²) in [5.74, 6) is -0.504. The molecule has 0 fully saturated rings. The van der Waals surface area contributed by atoms with Crippen LogP contribution >= 0.6 is 11.6 Å². The van der Waals surface area contributed by atoms with E-state index < -0.39 is 22.1 Å². The summed E-state index contributed by atoms with van der Waals surface area (Å²) in [6.45, 7) is 0.261. The lowest BCUT2D eigenvalue weighted by Gasteiger charge is -2.26. The standard InChI is InChI=1S/C19H19ClF3N3O5S/c1-25-17(20)10-13(11-18(25)27)12-30-24-14-6-8-26(9-7-14)32(28,29)16-4-2-15(3-5-16)31-19(21,22)23/h2-6,10-11,24H,7-9,12H2,1H3. The highest BCUT2D eigenvalue weighted by atomic mass is 35.5. The number of rotatable bonds is 7. The lowest BCUT2D eigenvalue weighted by atomic mass is 10.2. The van der Waals surface area contributed by atoms with Crippen LogP contribution in [0.15, 0.2) is 57.9 Å². The number of aromatic nitrogens is 1. The lowest BCUT2D eigenvalue weighted by molar-refractivity contribution is -0.274. The number of hydrogen-bond acceptors (Lipinski definition) is 6. The number of sulfonamides is 1. The van der Waals surface area contributed by atoms with Crippen LogP contribution in [0.4, 0.5) is 13.2 Å². The quantitative estimate of drug-likeness (QED) is 0.471. The summed E-state index contributed by atoms with van der Waals surface area (Å²) in [6, 6.07) is 7.01. The van der Waals surface area contributed by atoms with Gasteiger partial charge in [0.2, 0.25) is 10.0 Å². The van der Waals surface area contributed by atoms with Crippen LogP contribution in [0.5, 0.6) is 5.75 Å². The molecule has 1 N–H and O–H groups in total. The van der Waals surface area contributed by atoms with E-state index in [1.165, 1.54) is 14.9 Å². The van der Waals surface area contributed by atoms with Gasteiger partial charge in [0, 0.05) is 38.3 Å². The van der Waals surface area contributed by atoms with Gasteiger partial charge in [0.15, 0.2) is 0 Å². The summed E-state index contributed by atoms with van der Waals surface area (Å²) in [5.41, 5.74) is 3.68. The van der Waals surface area contributed by atoms with Crippen LogP contribution in [0, 0.1) is 0 Å². The van der Waals surface area contributed by atoms with Crippen molar-refractivity contribution in [2.24, 2.45) is 7.05 Å². The van der Waals surface area contributed by atoms with Gasteiger partial charge in [-0.25, -0.2) is 8.42 Å². The van der Waals surface area contributed by atoms with E-state index in [4.69, 9.17) is 16.4 Å². The first-order valence-electron chi connectivity index (χ1n) is 9.24. The number of ether oxygens (including phenoxy) is 1. The molecule has 2 aromatic rings. The van der Waals surface area contributed by atoms with Crippen molar-refractivity contribution in [2.75, 3.05) is 13.1 Å². The average molecular weight is 494 g/mol. The molecule has 0 atom stereocenters. The summed E-state index contributed by atoms with van der Waals surface area (Å²) in [5, 5.41) is 0.270. The fraction of sp³-hybridized carbons (Fsp3) is 0.316. The monoisotopic (exact) mass is 493 g/mol. The number of pyridine rings is 1. The Balaban J connectivity index is 1.56. The Morgan fingerprint density at radius 3 is 2.44 bits per heavy atom. The normalized spacial score (nSPS) is 15.3. The number of benzene rings is 1. The van der Waals surface area contributed by atoms with Crippen LogP contribution < -0.4 is 15.8 Å². The van der Waals surface area contributed by atoms with Gasteiger partial charge >= 0.3 is 6.36 Å². The first-order valence-corrected chi connectivity index (χ1v) is 11.1. The van der Waals surface area contributed by atoms with E-state index in [9.17, 15) is 26.4 Å². The molecular weight excluding hydrogens is 475 g/mol. The van der Waals surface area contributed by atoms with Crippen LogP contribution in [0.1, 0.15) is 12.0 Å². The maximum absolute atomic E-state index is 12.7. The molecule has 0 saturated carbocycles. The van der Waals surface area contributed by atoms with Crippen molar-refractivity contribution in [2.45, 2.75) is 24.3 Å². The molecule has 1 aliphatic heterocycles. The van der Waals surface area contributed by atoms with E-state index >= 15 is 0 Å². The highest BCUT2D eigenvalue weighted by Crippen LogP contribution is 2.26. The van der Waals surface area contributed by atoms with E-state index in [-0.39, 0.29) is 35.3 Å². The molecule has 32 heavy (non-hydrogen) atoms. The van der Waals surface area contributed by atoms with Gasteiger partial charge in [0.05, 0.1) is 11.5 Å². The molecule has 0 saturated heterocycles. The molecule has 1 aliphatic rings. The van der Waals surface area contributed by atoms with Gasteiger partial charge in [-0.3, -0.25) is 15.1 Å². The molecule has 0 radical (unpaired) electrons. The zero-order valence-electron chi connectivity index (χ0n) is 16.7. The van der Waals surface area contributed by atoms with Gasteiger partial charge in [0.1, 0.15) is 10.9 Å². The summed E-state index contributed by atoms with van der Waals surface area (Å²) in [6.07, 6.45) is -2.91. The Labute approximate surface area is 186 Å². The molecule has 8 nitrogen and oxygen atoms in total. The van der Waals surface area contributed by atoms with Crippen LogP contribution in [0.2, 0.25) is 5.15 Å². The molecule has 0 spiro atoms. The van der Waals surface area contributed by atoms with Crippen molar-refractivity contribution in [3.8, 4) is 5.75 Å². The molecule has 1 aromatic carbocycles. The molecule has 0 unspecified atom stereocenters. The average Bonchev–Trinajstić information content (AvgIpc) is 2.71. The fourth-order valence-corrected chi connectivity index (χ4v) is 4.48. The van der Waals surface area contributed by atoms with E-state index in [1.807, 2.05) is 0 Å².